The number of aromatic nitrogens is 5. The fourth-order valence-corrected chi connectivity index (χ4v) is 3.32. The summed E-state index contributed by atoms with van der Waals surface area (Å²) in [6.45, 7) is 5.99. The molecule has 162 valence electrons. The second-order valence-electron chi connectivity index (χ2n) is 7.89. The Bertz CT molecular complexity index is 1290. The van der Waals surface area contributed by atoms with Crippen molar-refractivity contribution < 1.29 is 14.1 Å². The summed E-state index contributed by atoms with van der Waals surface area (Å²) in [5.41, 5.74) is 4.00. The molecule has 5 rings (SSSR count). The molecule has 32 heavy (non-hydrogen) atoms. The van der Waals surface area contributed by atoms with Gasteiger partial charge in [-0.25, -0.2) is 14.6 Å². The predicted octanol–water partition coefficient (Wildman–Crippen LogP) is 4.50. The summed E-state index contributed by atoms with van der Waals surface area (Å²) in [6, 6.07) is 10.5. The lowest BCUT2D eigenvalue weighted by Gasteiger charge is -2.08. The van der Waals surface area contributed by atoms with Crippen molar-refractivity contribution in [3.05, 3.63) is 71.1 Å². The Morgan fingerprint density at radius 3 is 2.59 bits per heavy atom. The first-order chi connectivity index (χ1) is 15.5. The van der Waals surface area contributed by atoms with Crippen molar-refractivity contribution in [2.24, 2.45) is 0 Å². The van der Waals surface area contributed by atoms with Gasteiger partial charge < -0.3 is 14.6 Å². The minimum Gasteiger partial charge on any atom is -0.439 e. The smallest absolute Gasteiger partial charge is 0.277 e. The first-order valence-electron chi connectivity index (χ1n) is 10.4. The van der Waals surface area contributed by atoms with Gasteiger partial charge in [0.1, 0.15) is 17.8 Å². The van der Waals surface area contributed by atoms with Gasteiger partial charge in [-0.1, -0.05) is 5.16 Å². The van der Waals surface area contributed by atoms with Gasteiger partial charge in [-0.3, -0.25) is 4.79 Å². The van der Waals surface area contributed by atoms with E-state index in [-0.39, 0.29) is 11.6 Å². The highest BCUT2D eigenvalue weighted by Gasteiger charge is 2.28. The number of aryl methyl sites for hydroxylation is 1. The molecule has 0 aliphatic heterocycles. The van der Waals surface area contributed by atoms with Crippen LogP contribution in [0.5, 0.6) is 11.6 Å². The molecular weight excluding hydrogens is 408 g/mol. The Morgan fingerprint density at radius 2 is 1.91 bits per heavy atom. The van der Waals surface area contributed by atoms with E-state index in [4.69, 9.17) is 9.26 Å². The third-order valence-corrected chi connectivity index (χ3v) is 5.57. The summed E-state index contributed by atoms with van der Waals surface area (Å²) >= 11 is 0. The molecule has 1 amide bonds. The molecule has 1 N–H and O–H groups in total. The number of benzene rings is 1. The van der Waals surface area contributed by atoms with Crippen LogP contribution in [-0.4, -0.2) is 30.8 Å². The average Bonchev–Trinajstić information content (AvgIpc) is 3.47. The number of rotatable bonds is 6. The first-order valence-corrected chi connectivity index (χ1v) is 10.4. The molecule has 1 aromatic carbocycles. The van der Waals surface area contributed by atoms with Gasteiger partial charge >= 0.3 is 0 Å². The maximum atomic E-state index is 12.4. The molecule has 0 bridgehead atoms. The number of carbonyl (C=O) groups is 1. The van der Waals surface area contributed by atoms with E-state index in [1.807, 2.05) is 20.8 Å². The van der Waals surface area contributed by atoms with Crippen LogP contribution >= 0.6 is 0 Å². The summed E-state index contributed by atoms with van der Waals surface area (Å²) < 4.78 is 12.9. The maximum absolute atomic E-state index is 12.4. The third-order valence-electron chi connectivity index (χ3n) is 5.57. The zero-order valence-corrected chi connectivity index (χ0v) is 18.0. The zero-order chi connectivity index (χ0) is 22.2. The topological polar surface area (TPSA) is 108 Å². The zero-order valence-electron chi connectivity index (χ0n) is 18.0. The van der Waals surface area contributed by atoms with E-state index in [0.29, 0.717) is 29.1 Å². The van der Waals surface area contributed by atoms with Crippen LogP contribution in [0.4, 0.5) is 5.69 Å². The van der Waals surface area contributed by atoms with Crippen LogP contribution in [0.15, 0.2) is 47.2 Å². The second kappa shape index (κ2) is 7.92. The van der Waals surface area contributed by atoms with E-state index in [1.54, 1.807) is 41.1 Å². The highest BCUT2D eigenvalue weighted by Crippen LogP contribution is 2.40. The number of hydrogen-bond acceptors (Lipinski definition) is 7. The van der Waals surface area contributed by atoms with Crippen molar-refractivity contribution in [2.45, 2.75) is 39.5 Å². The maximum Gasteiger partial charge on any atom is 0.277 e. The van der Waals surface area contributed by atoms with Crippen molar-refractivity contribution >= 4 is 11.6 Å². The molecule has 3 heterocycles. The lowest BCUT2D eigenvalue weighted by molar-refractivity contribution is 0.101. The Morgan fingerprint density at radius 1 is 1.12 bits per heavy atom. The first kappa shape index (κ1) is 19.9. The summed E-state index contributed by atoms with van der Waals surface area (Å²) in [5, 5.41) is 11.2. The van der Waals surface area contributed by atoms with E-state index >= 15 is 0 Å². The van der Waals surface area contributed by atoms with Crippen molar-refractivity contribution in [1.29, 1.82) is 0 Å². The van der Waals surface area contributed by atoms with E-state index < -0.39 is 0 Å². The van der Waals surface area contributed by atoms with E-state index in [2.05, 4.69) is 25.5 Å². The molecule has 0 atom stereocenters. The van der Waals surface area contributed by atoms with Crippen LogP contribution in [0.3, 0.4) is 0 Å². The predicted molar refractivity (Wildman–Crippen MR) is 116 cm³/mol. The lowest BCUT2D eigenvalue weighted by Crippen LogP contribution is -2.12. The SMILES string of the molecule is Cc1nn(-c2cc(Oc3ccc(NC(=O)c4cc(C5CC5)on4)cc3)ncn2)c(C)c1C. The number of ether oxygens (including phenoxy) is 1. The van der Waals surface area contributed by atoms with Gasteiger partial charge in [0.25, 0.3) is 5.91 Å². The van der Waals surface area contributed by atoms with Crippen molar-refractivity contribution in [1.82, 2.24) is 24.9 Å². The average molecular weight is 430 g/mol. The third kappa shape index (κ3) is 3.96. The van der Waals surface area contributed by atoms with Crippen LogP contribution in [-0.2, 0) is 0 Å². The second-order valence-corrected chi connectivity index (χ2v) is 7.89. The molecule has 1 aliphatic carbocycles. The van der Waals surface area contributed by atoms with E-state index in [0.717, 1.165) is 35.6 Å². The lowest BCUT2D eigenvalue weighted by atomic mass is 10.2. The standard InChI is InChI=1S/C23H22N6O3/c1-13-14(2)27-29(15(13)3)21-11-22(25-12-24-21)31-18-8-6-17(7-9-18)26-23(30)19-10-20(32-28-19)16-4-5-16/h6-12,16H,4-5H2,1-3H3,(H,26,30). The molecule has 1 saturated carbocycles. The minimum absolute atomic E-state index is 0.278. The quantitative estimate of drug-likeness (QED) is 0.480. The number of amides is 1. The number of carbonyl (C=O) groups excluding carboxylic acids is 1. The molecule has 0 spiro atoms. The summed E-state index contributed by atoms with van der Waals surface area (Å²) in [6.07, 6.45) is 3.62. The Hall–Kier alpha value is -4.01. The Labute approximate surface area is 184 Å². The fraction of sp³-hybridized carbons (Fsp3) is 0.261. The van der Waals surface area contributed by atoms with Gasteiger partial charge in [0.05, 0.1) is 5.69 Å². The Kier molecular flexibility index (Phi) is 4.93. The van der Waals surface area contributed by atoms with Gasteiger partial charge in [0.15, 0.2) is 11.5 Å². The normalized spacial score (nSPS) is 13.2. The van der Waals surface area contributed by atoms with Gasteiger partial charge in [0.2, 0.25) is 5.88 Å². The minimum atomic E-state index is -0.310. The molecule has 0 unspecified atom stereocenters. The molecule has 1 aliphatic rings. The van der Waals surface area contributed by atoms with Gasteiger partial charge in [-0.2, -0.15) is 5.10 Å². The van der Waals surface area contributed by atoms with E-state index in [9.17, 15) is 4.79 Å². The highest BCUT2D eigenvalue weighted by molar-refractivity contribution is 6.02. The molecule has 9 nitrogen and oxygen atoms in total. The molecule has 9 heteroatoms. The van der Waals surface area contributed by atoms with Crippen LogP contribution in [0.25, 0.3) is 5.82 Å². The number of anilines is 1. The summed E-state index contributed by atoms with van der Waals surface area (Å²) in [5.74, 6) is 2.48. The van der Waals surface area contributed by atoms with Crippen LogP contribution in [0.1, 0.15) is 52.0 Å². The van der Waals surface area contributed by atoms with Crippen molar-refractivity contribution in [2.75, 3.05) is 5.32 Å². The largest absolute Gasteiger partial charge is 0.439 e. The monoisotopic (exact) mass is 430 g/mol. The molecule has 4 aromatic rings. The number of hydrogen-bond donors (Lipinski definition) is 1. The Balaban J connectivity index is 1.26. The van der Waals surface area contributed by atoms with Gasteiger partial charge in [-0.15, -0.1) is 0 Å². The molecule has 0 radical (unpaired) electrons. The summed E-state index contributed by atoms with van der Waals surface area (Å²) in [7, 11) is 0. The van der Waals surface area contributed by atoms with Gasteiger partial charge in [-0.05, 0) is 63.4 Å². The van der Waals surface area contributed by atoms with Crippen molar-refractivity contribution in [3.63, 3.8) is 0 Å². The van der Waals surface area contributed by atoms with Gasteiger partial charge in [0, 0.05) is 29.4 Å². The molecule has 3 aromatic heterocycles. The van der Waals surface area contributed by atoms with Crippen LogP contribution < -0.4 is 10.1 Å². The summed E-state index contributed by atoms with van der Waals surface area (Å²) in [4.78, 5) is 20.9. The van der Waals surface area contributed by atoms with Crippen molar-refractivity contribution in [3.8, 4) is 17.4 Å². The fourth-order valence-electron chi connectivity index (χ4n) is 3.32. The number of nitrogens with zero attached hydrogens (tertiary/aromatic N) is 5. The highest BCUT2D eigenvalue weighted by atomic mass is 16.5. The van der Waals surface area contributed by atoms with Crippen LogP contribution in [0.2, 0.25) is 0 Å². The molecule has 1 fully saturated rings. The van der Waals surface area contributed by atoms with E-state index in [1.165, 1.54) is 6.33 Å². The number of nitrogens with one attached hydrogen (secondary N) is 1. The molecular formula is C23H22N6O3. The molecule has 0 saturated heterocycles. The van der Waals surface area contributed by atoms with Crippen LogP contribution in [0, 0.1) is 20.8 Å².